The fourth-order valence-corrected chi connectivity index (χ4v) is 8.45. The van der Waals surface area contributed by atoms with Crippen molar-refractivity contribution < 1.29 is 61.0 Å². The lowest BCUT2D eigenvalue weighted by atomic mass is 9.93. The Balaban J connectivity index is 1.41. The summed E-state index contributed by atoms with van der Waals surface area (Å²) in [6, 6.07) is 10.7. The number of ether oxygens (including phenoxy) is 4. The van der Waals surface area contributed by atoms with Crippen LogP contribution in [0.15, 0.2) is 53.4 Å². The molecule has 1 saturated carbocycles. The van der Waals surface area contributed by atoms with Crippen molar-refractivity contribution in [3.8, 4) is 11.5 Å². The topological polar surface area (TPSA) is 191 Å². The third kappa shape index (κ3) is 7.35. The quantitative estimate of drug-likeness (QED) is 0.206. The van der Waals surface area contributed by atoms with Gasteiger partial charge in [0.25, 0.3) is 10.0 Å². The minimum absolute atomic E-state index is 0.0205. The number of amides is 1. The number of carbonyl (C=O) groups is 1. The summed E-state index contributed by atoms with van der Waals surface area (Å²) >= 11 is 0. The molecule has 0 unspecified atom stereocenters. The molecule has 4 aliphatic rings. The van der Waals surface area contributed by atoms with Gasteiger partial charge in [0.15, 0.2) is 17.8 Å². The third-order valence-corrected chi connectivity index (χ3v) is 10.9. The molecule has 0 bridgehead atoms. The second kappa shape index (κ2) is 13.7. The van der Waals surface area contributed by atoms with Crippen molar-refractivity contribution in [3.63, 3.8) is 0 Å². The van der Waals surface area contributed by atoms with Crippen LogP contribution in [0.5, 0.6) is 11.5 Å². The van der Waals surface area contributed by atoms with Crippen LogP contribution in [0, 0.1) is 5.92 Å². The highest BCUT2D eigenvalue weighted by Crippen LogP contribution is 2.43. The largest absolute Gasteiger partial charge is 0.469 e. The van der Waals surface area contributed by atoms with Crippen LogP contribution in [-0.2, 0) is 39.8 Å². The zero-order valence-electron chi connectivity index (χ0n) is 24.8. The summed E-state index contributed by atoms with van der Waals surface area (Å²) in [6.07, 6.45) is -1.01. The first-order chi connectivity index (χ1) is 22.0. The molecular formula is C29H37N2O13PS. The molecule has 2 aromatic rings. The Kier molecular flexibility index (Phi) is 9.90. The Labute approximate surface area is 266 Å². The van der Waals surface area contributed by atoms with Crippen molar-refractivity contribution in [1.29, 1.82) is 0 Å². The highest BCUT2D eigenvalue weighted by Gasteiger charge is 2.50. The molecule has 3 fully saturated rings. The van der Waals surface area contributed by atoms with E-state index in [-0.39, 0.29) is 36.4 Å². The van der Waals surface area contributed by atoms with Gasteiger partial charge < -0.3 is 33.8 Å². The Morgan fingerprint density at radius 3 is 2.48 bits per heavy atom. The van der Waals surface area contributed by atoms with Crippen LogP contribution in [-0.4, -0.2) is 95.9 Å². The van der Waals surface area contributed by atoms with Gasteiger partial charge in [-0.1, -0.05) is 47.6 Å². The van der Waals surface area contributed by atoms with Crippen molar-refractivity contribution in [1.82, 2.24) is 9.37 Å². The van der Waals surface area contributed by atoms with E-state index >= 15 is 0 Å². The highest BCUT2D eigenvalue weighted by molar-refractivity contribution is 7.89. The van der Waals surface area contributed by atoms with Crippen molar-refractivity contribution in [2.45, 2.75) is 74.0 Å². The molecule has 0 aromatic heterocycles. The molecule has 2 saturated heterocycles. The van der Waals surface area contributed by atoms with E-state index in [4.69, 9.17) is 28.3 Å². The molecule has 46 heavy (non-hydrogen) atoms. The number of nitrogens with zero attached hydrogens (tertiary/aromatic N) is 2. The van der Waals surface area contributed by atoms with Gasteiger partial charge in [-0.25, -0.2) is 17.8 Å². The number of hydroxylamine groups is 1. The van der Waals surface area contributed by atoms with Crippen LogP contribution in [0.3, 0.4) is 0 Å². The van der Waals surface area contributed by atoms with Gasteiger partial charge in [0, 0.05) is 12.0 Å². The van der Waals surface area contributed by atoms with Crippen molar-refractivity contribution >= 4 is 23.9 Å². The predicted molar refractivity (Wildman–Crippen MR) is 158 cm³/mol. The van der Waals surface area contributed by atoms with Crippen molar-refractivity contribution in [3.05, 3.63) is 54.1 Å². The summed E-state index contributed by atoms with van der Waals surface area (Å²) in [7, 11) is -9.83. The first-order valence-electron chi connectivity index (χ1n) is 15.1. The summed E-state index contributed by atoms with van der Waals surface area (Å²) in [6.45, 7) is -0.476. The van der Waals surface area contributed by atoms with E-state index < -0.39 is 61.1 Å². The summed E-state index contributed by atoms with van der Waals surface area (Å²) in [4.78, 5) is 40.2. The molecule has 0 spiro atoms. The first-order valence-corrected chi connectivity index (χ1v) is 18.1. The minimum atomic E-state index is -5.32. The number of hydrogen-bond acceptors (Lipinski definition) is 10. The average molecular weight is 685 g/mol. The van der Waals surface area contributed by atoms with Gasteiger partial charge in [0.1, 0.15) is 6.10 Å². The van der Waals surface area contributed by atoms with Gasteiger partial charge in [-0.3, -0.25) is 14.3 Å². The SMILES string of the molecule is O=C(O)N([C@H]1CO[C@H]2OCC[C@H]21)[C@@H](Cc1ccccc1)[C@@H](CN(OC1CCCC1)S(=O)(=O)c1ccc2c(c1)OCO2)OP(=O)(O)O. The molecule has 3 N–H and O–H groups in total. The molecule has 5 atom stereocenters. The second-order valence-electron chi connectivity index (χ2n) is 11.7. The molecule has 0 radical (unpaired) electrons. The lowest BCUT2D eigenvalue weighted by molar-refractivity contribution is -0.147. The Morgan fingerprint density at radius 2 is 1.76 bits per heavy atom. The number of phosphoric acid groups is 1. The molecule has 1 amide bonds. The van der Waals surface area contributed by atoms with Crippen LogP contribution in [0.2, 0.25) is 0 Å². The molecule has 1 aliphatic carbocycles. The monoisotopic (exact) mass is 684 g/mol. The molecule has 17 heteroatoms. The molecule has 3 aliphatic heterocycles. The Morgan fingerprint density at radius 1 is 1.02 bits per heavy atom. The molecule has 15 nitrogen and oxygen atoms in total. The van der Waals surface area contributed by atoms with E-state index in [1.165, 1.54) is 18.2 Å². The molecule has 6 rings (SSSR count). The minimum Gasteiger partial charge on any atom is -0.465 e. The van der Waals surface area contributed by atoms with E-state index in [0.717, 1.165) is 17.7 Å². The van der Waals surface area contributed by atoms with Gasteiger partial charge in [0.2, 0.25) is 6.79 Å². The third-order valence-electron chi connectivity index (χ3n) is 8.74. The maximum Gasteiger partial charge on any atom is 0.469 e. The van der Waals surface area contributed by atoms with E-state index in [2.05, 4.69) is 0 Å². The molecule has 252 valence electrons. The maximum absolute atomic E-state index is 14.2. The number of rotatable bonds is 13. The average Bonchev–Trinajstić information content (AvgIpc) is 3.82. The summed E-state index contributed by atoms with van der Waals surface area (Å²) in [5.41, 5.74) is 0.637. The van der Waals surface area contributed by atoms with E-state index in [1.54, 1.807) is 30.3 Å². The lowest BCUT2D eigenvalue weighted by Gasteiger charge is -2.41. The highest BCUT2D eigenvalue weighted by atomic mass is 32.2. The van der Waals surface area contributed by atoms with Crippen LogP contribution in [0.25, 0.3) is 0 Å². The normalized spacial score (nSPS) is 24.3. The standard InChI is InChI=1S/C29H37N2O13PS/c32-29(33)31(24-17-40-28-22(24)12-13-39-28)23(14-19-6-2-1-3-7-19)27(44-45(34,35)36)16-30(43-20-8-4-5-9-20)46(37,38)21-10-11-25-26(15-21)42-18-41-25/h1-3,6-7,10-11,15,20,22-24,27-28H,4-5,8-9,12-14,16-18H2,(H,32,33)(H2,34,35,36)/t22-,23-,24-,27+,28+/m0/s1. The second-order valence-corrected chi connectivity index (χ2v) is 14.7. The summed E-state index contributed by atoms with van der Waals surface area (Å²) in [5, 5.41) is 10.6. The van der Waals surface area contributed by atoms with Crippen LogP contribution in [0.1, 0.15) is 37.7 Å². The number of carboxylic acid groups (broad SMARTS) is 1. The maximum atomic E-state index is 14.2. The number of fused-ring (bicyclic) bond motifs is 2. The zero-order valence-corrected chi connectivity index (χ0v) is 26.5. The van der Waals surface area contributed by atoms with Crippen LogP contribution in [0.4, 0.5) is 4.79 Å². The predicted octanol–water partition coefficient (Wildman–Crippen LogP) is 3.11. The van der Waals surface area contributed by atoms with Gasteiger partial charge >= 0.3 is 13.9 Å². The fourth-order valence-electron chi connectivity index (χ4n) is 6.58. The first kappa shape index (κ1) is 33.1. The van der Waals surface area contributed by atoms with Gasteiger partial charge in [-0.2, -0.15) is 0 Å². The number of phosphoric ester groups is 1. The van der Waals surface area contributed by atoms with Gasteiger partial charge in [-0.15, -0.1) is 0 Å². The van der Waals surface area contributed by atoms with E-state index in [0.29, 0.717) is 41.7 Å². The number of benzene rings is 2. The fraction of sp³-hybridized carbons (Fsp3) is 0.552. The van der Waals surface area contributed by atoms with Crippen molar-refractivity contribution in [2.24, 2.45) is 5.92 Å². The summed E-state index contributed by atoms with van der Waals surface area (Å²) in [5.74, 6) is 0.227. The molecule has 3 heterocycles. The smallest absolute Gasteiger partial charge is 0.465 e. The van der Waals surface area contributed by atoms with Crippen LogP contribution >= 0.6 is 7.82 Å². The Bertz CT molecular complexity index is 1530. The molecule has 2 aromatic carbocycles. The summed E-state index contributed by atoms with van der Waals surface area (Å²) < 4.78 is 69.0. The van der Waals surface area contributed by atoms with Crippen molar-refractivity contribution in [2.75, 3.05) is 26.6 Å². The van der Waals surface area contributed by atoms with E-state index in [1.807, 2.05) is 0 Å². The number of sulfonamides is 1. The van der Waals surface area contributed by atoms with E-state index in [9.17, 15) is 32.7 Å². The zero-order chi connectivity index (χ0) is 32.5. The number of hydrogen-bond donors (Lipinski definition) is 3. The van der Waals surface area contributed by atoms with Gasteiger partial charge in [-0.05, 0) is 43.4 Å². The molecular weight excluding hydrogens is 647 g/mol. The van der Waals surface area contributed by atoms with Crippen LogP contribution < -0.4 is 9.47 Å². The Hall–Kier alpha value is -2.79. The van der Waals surface area contributed by atoms with Gasteiger partial charge in [0.05, 0.1) is 42.8 Å². The lowest BCUT2D eigenvalue weighted by Crippen LogP contribution is -2.58.